The Balaban J connectivity index is 2.19. The lowest BCUT2D eigenvalue weighted by Crippen LogP contribution is -2.46. The Morgan fingerprint density at radius 3 is 2.36 bits per heavy atom. The second-order valence-electron chi connectivity index (χ2n) is 6.66. The average Bonchev–Trinajstić information content (AvgIpc) is 2.46. The summed E-state index contributed by atoms with van der Waals surface area (Å²) in [4.78, 5) is 4.34. The highest BCUT2D eigenvalue weighted by Gasteiger charge is 2.35. The fraction of sp³-hybridized carbons (Fsp3) is 0.647. The van der Waals surface area contributed by atoms with Gasteiger partial charge in [0.05, 0.1) is 5.25 Å². The first kappa shape index (κ1) is 17.3. The highest BCUT2D eigenvalue weighted by atomic mass is 32.2. The lowest BCUT2D eigenvalue weighted by molar-refractivity contribution is 0.187. The summed E-state index contributed by atoms with van der Waals surface area (Å²) in [7, 11) is 3.15. The maximum absolute atomic E-state index is 12.1. The molecule has 5 heteroatoms. The van der Waals surface area contributed by atoms with Crippen molar-refractivity contribution in [1.29, 1.82) is 0 Å². The molecule has 1 aliphatic rings. The molecule has 0 unspecified atom stereocenters. The Hall–Kier alpha value is -1.07. The summed E-state index contributed by atoms with van der Waals surface area (Å²) in [5.41, 5.74) is 2.44. The summed E-state index contributed by atoms with van der Waals surface area (Å²) in [6, 6.07) is 8.45. The number of hydrogen-bond donors (Lipinski definition) is 0. The van der Waals surface area contributed by atoms with Crippen LogP contribution in [-0.4, -0.2) is 52.0 Å². The topological polar surface area (TPSA) is 40.6 Å². The summed E-state index contributed by atoms with van der Waals surface area (Å²) in [5, 5.41) is -0.224. The fourth-order valence-corrected chi connectivity index (χ4v) is 5.06. The molecule has 4 nitrogen and oxygen atoms in total. The maximum Gasteiger partial charge on any atom is 0.151 e. The van der Waals surface area contributed by atoms with Crippen LogP contribution in [0.5, 0.6) is 0 Å². The second-order valence-corrected chi connectivity index (χ2v) is 8.92. The summed E-state index contributed by atoms with van der Waals surface area (Å²) >= 11 is 0. The molecule has 0 saturated heterocycles. The van der Waals surface area contributed by atoms with Gasteiger partial charge in [0.2, 0.25) is 0 Å². The zero-order valence-corrected chi connectivity index (χ0v) is 14.9. The molecule has 124 valence electrons. The van der Waals surface area contributed by atoms with E-state index in [9.17, 15) is 8.42 Å². The molecule has 0 radical (unpaired) electrons. The Labute approximate surface area is 135 Å². The largest absolute Gasteiger partial charge is 0.377 e. The van der Waals surface area contributed by atoms with Gasteiger partial charge >= 0.3 is 0 Å². The van der Waals surface area contributed by atoms with Gasteiger partial charge in [-0.25, -0.2) is 8.42 Å². The third-order valence-electron chi connectivity index (χ3n) is 4.68. The first-order valence-corrected chi connectivity index (χ1v) is 9.90. The number of para-hydroxylation sites is 1. The predicted octanol–water partition coefficient (Wildman–Crippen LogP) is 2.54. The van der Waals surface area contributed by atoms with Crippen LogP contribution in [0.4, 0.5) is 5.69 Å². The molecule has 0 spiro atoms. The molecule has 0 heterocycles. The van der Waals surface area contributed by atoms with Gasteiger partial charge in [-0.05, 0) is 31.5 Å². The Kier molecular flexibility index (Phi) is 5.50. The molecule has 0 bridgehead atoms. The third kappa shape index (κ3) is 4.02. The summed E-state index contributed by atoms with van der Waals surface area (Å²) in [6.07, 6.45) is 5.30. The fourth-order valence-electron chi connectivity index (χ4n) is 3.55. The molecule has 2 atom stereocenters. The van der Waals surface area contributed by atoms with Gasteiger partial charge in [-0.1, -0.05) is 31.0 Å². The minimum atomic E-state index is -2.99. The summed E-state index contributed by atoms with van der Waals surface area (Å²) < 4.78 is 24.2. The molecule has 1 saturated carbocycles. The molecule has 0 aliphatic heterocycles. The van der Waals surface area contributed by atoms with Crippen LogP contribution in [0.1, 0.15) is 31.2 Å². The molecule has 0 N–H and O–H groups in total. The Morgan fingerprint density at radius 2 is 1.73 bits per heavy atom. The highest BCUT2D eigenvalue weighted by molar-refractivity contribution is 7.91. The zero-order chi connectivity index (χ0) is 16.3. The smallest absolute Gasteiger partial charge is 0.151 e. The molecule has 1 aliphatic carbocycles. The van der Waals surface area contributed by atoms with E-state index in [2.05, 4.69) is 29.0 Å². The molecule has 0 amide bonds. The van der Waals surface area contributed by atoms with Gasteiger partial charge in [-0.15, -0.1) is 0 Å². The van der Waals surface area contributed by atoms with E-state index in [0.717, 1.165) is 32.2 Å². The van der Waals surface area contributed by atoms with E-state index in [4.69, 9.17) is 0 Å². The summed E-state index contributed by atoms with van der Waals surface area (Å²) in [5.74, 6) is 0. The zero-order valence-electron chi connectivity index (χ0n) is 14.1. The molecule has 1 fully saturated rings. The van der Waals surface area contributed by atoms with E-state index in [0.29, 0.717) is 0 Å². The van der Waals surface area contributed by atoms with Crippen LogP contribution in [0.2, 0.25) is 0 Å². The minimum absolute atomic E-state index is 0.124. The quantitative estimate of drug-likeness (QED) is 0.834. The Morgan fingerprint density at radius 1 is 1.09 bits per heavy atom. The number of benzene rings is 1. The van der Waals surface area contributed by atoms with E-state index in [1.165, 1.54) is 17.5 Å². The number of rotatable bonds is 5. The van der Waals surface area contributed by atoms with E-state index < -0.39 is 9.84 Å². The van der Waals surface area contributed by atoms with Gasteiger partial charge in [-0.2, -0.15) is 0 Å². The maximum atomic E-state index is 12.1. The van der Waals surface area contributed by atoms with Crippen LogP contribution in [0, 0.1) is 0 Å². The first-order valence-electron chi connectivity index (χ1n) is 7.95. The van der Waals surface area contributed by atoms with Crippen molar-refractivity contribution in [1.82, 2.24) is 4.90 Å². The molecule has 2 rings (SSSR count). The van der Waals surface area contributed by atoms with Crippen molar-refractivity contribution in [2.24, 2.45) is 0 Å². The van der Waals surface area contributed by atoms with Crippen molar-refractivity contribution in [3.05, 3.63) is 29.8 Å². The number of nitrogens with zero attached hydrogens (tertiary/aromatic N) is 2. The van der Waals surface area contributed by atoms with Crippen LogP contribution in [0.3, 0.4) is 0 Å². The lowest BCUT2D eigenvalue weighted by atomic mass is 9.93. The van der Waals surface area contributed by atoms with Gasteiger partial charge in [0.25, 0.3) is 0 Å². The second kappa shape index (κ2) is 7.01. The molecule has 0 aromatic heterocycles. The standard InChI is InChI=1S/C17H28N2O2S/c1-18(2)15-10-6-5-9-14(15)13-19(3)16-11-7-8-12-17(16)22(4,20)21/h5-6,9-10,16-17H,7-8,11-13H2,1-4H3/t16-,17-/m0/s1. The van der Waals surface area contributed by atoms with Gasteiger partial charge in [-0.3, -0.25) is 4.90 Å². The van der Waals surface area contributed by atoms with Gasteiger partial charge in [0.1, 0.15) is 0 Å². The average molecular weight is 324 g/mol. The van der Waals surface area contributed by atoms with Crippen LogP contribution in [0.25, 0.3) is 0 Å². The highest BCUT2D eigenvalue weighted by Crippen LogP contribution is 2.29. The lowest BCUT2D eigenvalue weighted by Gasteiger charge is -2.37. The Bertz CT molecular complexity index is 598. The van der Waals surface area contributed by atoms with E-state index in [-0.39, 0.29) is 11.3 Å². The van der Waals surface area contributed by atoms with E-state index in [1.54, 1.807) is 0 Å². The monoisotopic (exact) mass is 324 g/mol. The molecule has 1 aromatic carbocycles. The van der Waals surface area contributed by atoms with E-state index >= 15 is 0 Å². The predicted molar refractivity (Wildman–Crippen MR) is 93.1 cm³/mol. The van der Waals surface area contributed by atoms with Crippen LogP contribution in [-0.2, 0) is 16.4 Å². The normalized spacial score (nSPS) is 22.8. The van der Waals surface area contributed by atoms with Gasteiger partial charge in [0.15, 0.2) is 9.84 Å². The molecule has 1 aromatic rings. The van der Waals surface area contributed by atoms with Crippen LogP contribution in [0.15, 0.2) is 24.3 Å². The molecular weight excluding hydrogens is 296 g/mol. The SMILES string of the molecule is CN(C)c1ccccc1CN(C)[C@H]1CCCC[C@@H]1S(C)(=O)=O. The van der Waals surface area contributed by atoms with E-state index in [1.807, 2.05) is 26.2 Å². The van der Waals surface area contributed by atoms with Crippen LogP contribution >= 0.6 is 0 Å². The van der Waals surface area contributed by atoms with Crippen molar-refractivity contribution in [2.45, 2.75) is 43.5 Å². The molecular formula is C17H28N2O2S. The minimum Gasteiger partial charge on any atom is -0.377 e. The number of anilines is 1. The van der Waals surface area contributed by atoms with Crippen molar-refractivity contribution < 1.29 is 8.42 Å². The number of hydrogen-bond acceptors (Lipinski definition) is 4. The van der Waals surface area contributed by atoms with Crippen molar-refractivity contribution >= 4 is 15.5 Å². The van der Waals surface area contributed by atoms with Crippen LogP contribution < -0.4 is 4.90 Å². The number of sulfone groups is 1. The van der Waals surface area contributed by atoms with Crippen molar-refractivity contribution in [2.75, 3.05) is 32.3 Å². The summed E-state index contributed by atoms with van der Waals surface area (Å²) in [6.45, 7) is 0.783. The third-order valence-corrected chi connectivity index (χ3v) is 6.33. The van der Waals surface area contributed by atoms with Crippen molar-refractivity contribution in [3.8, 4) is 0 Å². The molecule has 22 heavy (non-hydrogen) atoms. The van der Waals surface area contributed by atoms with Crippen molar-refractivity contribution in [3.63, 3.8) is 0 Å². The van der Waals surface area contributed by atoms with Gasteiger partial charge < -0.3 is 4.90 Å². The first-order chi connectivity index (χ1) is 10.3. The van der Waals surface area contributed by atoms with Gasteiger partial charge in [0, 0.05) is 38.6 Å².